The highest BCUT2D eigenvalue weighted by molar-refractivity contribution is 7.22. The van der Waals surface area contributed by atoms with Gasteiger partial charge in [0.05, 0.1) is 30.6 Å². The van der Waals surface area contributed by atoms with E-state index in [4.69, 9.17) is 26.3 Å². The minimum Gasteiger partial charge on any atom is -0.374 e. The van der Waals surface area contributed by atoms with Crippen molar-refractivity contribution >= 4 is 44.4 Å². The van der Waals surface area contributed by atoms with Crippen molar-refractivity contribution in [2.45, 2.75) is 51.2 Å². The number of halogens is 2. The van der Waals surface area contributed by atoms with Crippen LogP contribution >= 0.6 is 22.9 Å². The van der Waals surface area contributed by atoms with Gasteiger partial charge in [0, 0.05) is 35.9 Å². The summed E-state index contributed by atoms with van der Waals surface area (Å²) in [5, 5.41) is 15.5. The van der Waals surface area contributed by atoms with E-state index in [-0.39, 0.29) is 12.2 Å². The van der Waals surface area contributed by atoms with Crippen molar-refractivity contribution < 1.29 is 14.2 Å². The van der Waals surface area contributed by atoms with E-state index in [1.807, 2.05) is 17.8 Å². The van der Waals surface area contributed by atoms with Crippen LogP contribution in [0.15, 0.2) is 30.6 Å². The molecule has 0 radical (unpaired) electrons. The summed E-state index contributed by atoms with van der Waals surface area (Å²) in [6.45, 7) is 4.77. The third kappa shape index (κ3) is 4.76. The predicted octanol–water partition coefficient (Wildman–Crippen LogP) is 4.82. The smallest absolute Gasteiger partial charge is 0.228 e. The zero-order valence-electron chi connectivity index (χ0n) is 20.7. The number of anilines is 2. The molecular weight excluding hydrogens is 517 g/mol. The van der Waals surface area contributed by atoms with Crippen LogP contribution in [0, 0.1) is 5.82 Å². The molecule has 1 aliphatic heterocycles. The highest BCUT2D eigenvalue weighted by atomic mass is 35.5. The minimum atomic E-state index is -0.749. The van der Waals surface area contributed by atoms with E-state index in [2.05, 4.69) is 21.2 Å². The summed E-state index contributed by atoms with van der Waals surface area (Å²) in [6, 6.07) is 5.03. The van der Waals surface area contributed by atoms with Gasteiger partial charge in [-0.2, -0.15) is 15.1 Å². The van der Waals surface area contributed by atoms with E-state index in [0.717, 1.165) is 18.4 Å². The van der Waals surface area contributed by atoms with Crippen LogP contribution in [-0.4, -0.2) is 62.3 Å². The fraction of sp³-hybridized carbons (Fsp3) is 0.440. The van der Waals surface area contributed by atoms with Crippen LogP contribution in [0.25, 0.3) is 21.6 Å². The number of thiazole rings is 1. The number of aromatic nitrogens is 5. The number of ether oxygens (including phenoxy) is 1. The molecule has 1 N–H and O–H groups in total. The van der Waals surface area contributed by atoms with Crippen LogP contribution in [0.4, 0.5) is 15.5 Å². The molecule has 1 aliphatic carbocycles. The van der Waals surface area contributed by atoms with E-state index in [9.17, 15) is 5.11 Å². The van der Waals surface area contributed by atoms with Crippen molar-refractivity contribution in [1.29, 1.82) is 0 Å². The van der Waals surface area contributed by atoms with Gasteiger partial charge in [-0.3, -0.25) is 4.68 Å². The zero-order valence-corrected chi connectivity index (χ0v) is 22.2. The zero-order chi connectivity index (χ0) is 25.8. The highest BCUT2D eigenvalue weighted by Gasteiger charge is 2.32. The molecule has 6 rings (SSSR count). The standard InChI is InChI=1S/C25H27ClFN7O2S/c1-13-10-33(12-20(36-13)15-9-28-34(11-15)17-5-6-17)24-29-21(18-7-4-16(26)8-19(18)27)22-23(30-24)31-25(37-22)32(3)14(2)35/h4,7-9,11,13-14,17,20,35H,5-6,10,12H2,1-3H3/t13-,14?,20+/m1/s1. The maximum Gasteiger partial charge on any atom is 0.228 e. The number of aliphatic hydroxyl groups is 1. The molecule has 37 heavy (non-hydrogen) atoms. The Morgan fingerprint density at radius 1 is 1.24 bits per heavy atom. The molecule has 12 heteroatoms. The van der Waals surface area contributed by atoms with Crippen molar-refractivity contribution in [3.63, 3.8) is 0 Å². The Hall–Kier alpha value is -2.86. The van der Waals surface area contributed by atoms with Gasteiger partial charge in [-0.05, 0) is 44.9 Å². The van der Waals surface area contributed by atoms with Crippen LogP contribution in [0.1, 0.15) is 44.4 Å². The second-order valence-corrected chi connectivity index (χ2v) is 11.1. The maximum atomic E-state index is 15.1. The first kappa shape index (κ1) is 24.5. The Bertz CT molecular complexity index is 1460. The van der Waals surface area contributed by atoms with Crippen LogP contribution in [0.5, 0.6) is 0 Å². The van der Waals surface area contributed by atoms with Gasteiger partial charge in [-0.15, -0.1) is 0 Å². The maximum absolute atomic E-state index is 15.1. The lowest BCUT2D eigenvalue weighted by Crippen LogP contribution is -2.43. The highest BCUT2D eigenvalue weighted by Crippen LogP contribution is 2.39. The van der Waals surface area contributed by atoms with Crippen molar-refractivity contribution in [1.82, 2.24) is 24.7 Å². The first-order valence-corrected chi connectivity index (χ1v) is 13.5. The Morgan fingerprint density at radius 2 is 2.05 bits per heavy atom. The third-order valence-electron chi connectivity index (χ3n) is 6.74. The molecule has 9 nitrogen and oxygen atoms in total. The fourth-order valence-electron chi connectivity index (χ4n) is 4.47. The largest absolute Gasteiger partial charge is 0.374 e. The first-order valence-electron chi connectivity index (χ1n) is 12.3. The summed E-state index contributed by atoms with van der Waals surface area (Å²) in [6.07, 6.45) is 5.23. The summed E-state index contributed by atoms with van der Waals surface area (Å²) in [5.74, 6) is -0.0267. The number of hydrogen-bond acceptors (Lipinski definition) is 9. The van der Waals surface area contributed by atoms with Crippen LogP contribution in [0.2, 0.25) is 5.02 Å². The van der Waals surface area contributed by atoms with Crippen LogP contribution in [0.3, 0.4) is 0 Å². The lowest BCUT2D eigenvalue weighted by Gasteiger charge is -2.36. The Balaban J connectivity index is 1.42. The normalized spacial score (nSPS) is 21.0. The second-order valence-electron chi connectivity index (χ2n) is 9.71. The van der Waals surface area contributed by atoms with Gasteiger partial charge >= 0.3 is 0 Å². The molecule has 194 valence electrons. The van der Waals surface area contributed by atoms with E-state index in [0.29, 0.717) is 56.8 Å². The number of aliphatic hydroxyl groups excluding tert-OH is 1. The third-order valence-corrected chi connectivity index (χ3v) is 8.11. The Labute approximate surface area is 222 Å². The Morgan fingerprint density at radius 3 is 2.78 bits per heavy atom. The van der Waals surface area contributed by atoms with Crippen molar-refractivity contribution in [2.75, 3.05) is 29.9 Å². The summed E-state index contributed by atoms with van der Waals surface area (Å²) >= 11 is 7.33. The SMILES string of the molecule is CC(O)N(C)c1nc2nc(N3C[C@@H](C)O[C@H](c4cnn(C5CC5)c4)C3)nc(-c3ccc(Cl)cc3F)c2s1. The predicted molar refractivity (Wildman–Crippen MR) is 142 cm³/mol. The summed E-state index contributed by atoms with van der Waals surface area (Å²) in [7, 11) is 1.75. The Kier molecular flexibility index (Phi) is 6.26. The molecule has 0 bridgehead atoms. The number of hydrogen-bond donors (Lipinski definition) is 1. The van der Waals surface area contributed by atoms with Crippen LogP contribution < -0.4 is 9.80 Å². The van der Waals surface area contributed by atoms with Gasteiger partial charge in [0.1, 0.15) is 22.8 Å². The summed E-state index contributed by atoms with van der Waals surface area (Å²) < 4.78 is 24.0. The topological polar surface area (TPSA) is 92.4 Å². The second kappa shape index (κ2) is 9.46. The van der Waals surface area contributed by atoms with Gasteiger partial charge in [0.2, 0.25) is 5.95 Å². The molecule has 1 aromatic carbocycles. The van der Waals surface area contributed by atoms with Gasteiger partial charge in [0.25, 0.3) is 0 Å². The summed E-state index contributed by atoms with van der Waals surface area (Å²) in [4.78, 5) is 18.0. The number of benzene rings is 1. The first-order chi connectivity index (χ1) is 17.8. The van der Waals surface area contributed by atoms with Gasteiger partial charge in [-0.1, -0.05) is 22.9 Å². The quantitative estimate of drug-likeness (QED) is 0.346. The van der Waals surface area contributed by atoms with Crippen molar-refractivity contribution in [2.24, 2.45) is 0 Å². The molecule has 4 heterocycles. The molecule has 1 saturated heterocycles. The lowest BCUT2D eigenvalue weighted by molar-refractivity contribution is -0.0178. The van der Waals surface area contributed by atoms with Crippen molar-refractivity contribution in [3.8, 4) is 11.3 Å². The molecule has 0 spiro atoms. The molecule has 3 aromatic heterocycles. The number of rotatable bonds is 6. The summed E-state index contributed by atoms with van der Waals surface area (Å²) in [5.41, 5.74) is 2.22. The van der Waals surface area contributed by atoms with E-state index in [1.54, 1.807) is 31.0 Å². The molecule has 2 fully saturated rings. The number of morpholine rings is 1. The number of nitrogens with zero attached hydrogens (tertiary/aromatic N) is 7. The van der Waals surface area contributed by atoms with Crippen molar-refractivity contribution in [3.05, 3.63) is 47.0 Å². The molecule has 4 aromatic rings. The average Bonchev–Trinajstić information content (AvgIpc) is 3.42. The van der Waals surface area contributed by atoms with E-state index >= 15 is 4.39 Å². The van der Waals surface area contributed by atoms with E-state index < -0.39 is 12.0 Å². The molecular formula is C25H27ClFN7O2S. The molecule has 0 amide bonds. The van der Waals surface area contributed by atoms with Gasteiger partial charge in [-0.25, -0.2) is 9.37 Å². The fourth-order valence-corrected chi connectivity index (χ4v) is 5.68. The molecule has 3 atom stereocenters. The van der Waals surface area contributed by atoms with Gasteiger partial charge in [0.15, 0.2) is 10.8 Å². The average molecular weight is 544 g/mol. The van der Waals surface area contributed by atoms with Crippen LogP contribution in [-0.2, 0) is 4.74 Å². The molecule has 1 saturated carbocycles. The minimum absolute atomic E-state index is 0.0783. The molecule has 1 unspecified atom stereocenters. The van der Waals surface area contributed by atoms with Gasteiger partial charge < -0.3 is 19.6 Å². The monoisotopic (exact) mass is 543 g/mol. The lowest BCUT2D eigenvalue weighted by atomic mass is 10.1. The van der Waals surface area contributed by atoms with E-state index in [1.165, 1.54) is 17.4 Å². The molecule has 2 aliphatic rings. The number of fused-ring (bicyclic) bond motifs is 1.